The van der Waals surface area contributed by atoms with E-state index >= 15 is 0 Å². The van der Waals surface area contributed by atoms with E-state index in [-0.39, 0.29) is 0 Å². The Hall–Kier alpha value is -1.41. The van der Waals surface area contributed by atoms with Gasteiger partial charge in [-0.15, -0.1) is 0 Å². The molecule has 1 aliphatic carbocycles. The van der Waals surface area contributed by atoms with Gasteiger partial charge in [0.15, 0.2) is 0 Å². The molecular formula is C13H11ClN2. The second-order valence-electron chi connectivity index (χ2n) is 4.15. The van der Waals surface area contributed by atoms with Crippen LogP contribution in [-0.4, -0.2) is 9.97 Å². The van der Waals surface area contributed by atoms with E-state index in [0.717, 1.165) is 17.9 Å². The van der Waals surface area contributed by atoms with Crippen molar-refractivity contribution >= 4 is 11.6 Å². The Morgan fingerprint density at radius 3 is 2.81 bits per heavy atom. The quantitative estimate of drug-likeness (QED) is 0.704. The van der Waals surface area contributed by atoms with Crippen LogP contribution in [0.15, 0.2) is 30.3 Å². The number of nitrogens with zero attached hydrogens (tertiary/aromatic N) is 2. The van der Waals surface area contributed by atoms with Crippen molar-refractivity contribution in [2.45, 2.75) is 19.3 Å². The molecule has 0 saturated carbocycles. The molecule has 1 aromatic heterocycles. The summed E-state index contributed by atoms with van der Waals surface area (Å²) in [5, 5.41) is 0.534. The fourth-order valence-corrected chi connectivity index (χ4v) is 2.44. The van der Waals surface area contributed by atoms with Crippen LogP contribution in [-0.2, 0) is 6.42 Å². The summed E-state index contributed by atoms with van der Waals surface area (Å²) < 4.78 is 0. The molecule has 3 heteroatoms. The van der Waals surface area contributed by atoms with E-state index in [9.17, 15) is 0 Å². The van der Waals surface area contributed by atoms with Crippen LogP contribution in [0.2, 0.25) is 5.15 Å². The molecule has 1 unspecified atom stereocenters. The number of fused-ring (bicyclic) bond motifs is 1. The molecule has 3 rings (SSSR count). The molecule has 1 heterocycles. The smallest absolute Gasteiger partial charge is 0.138 e. The largest absolute Gasteiger partial charge is 0.237 e. The summed E-state index contributed by atoms with van der Waals surface area (Å²) in [5.74, 6) is 1.18. The topological polar surface area (TPSA) is 25.8 Å². The van der Waals surface area contributed by atoms with Gasteiger partial charge in [-0.25, -0.2) is 9.97 Å². The molecule has 0 N–H and O–H groups in total. The first-order valence-corrected chi connectivity index (χ1v) is 5.71. The van der Waals surface area contributed by atoms with Gasteiger partial charge in [-0.1, -0.05) is 35.9 Å². The lowest BCUT2D eigenvalue weighted by Gasteiger charge is -2.28. The Kier molecular flexibility index (Phi) is 2.18. The molecule has 1 atom stereocenters. The molecule has 0 aliphatic heterocycles. The minimum absolute atomic E-state index is 0.327. The minimum atomic E-state index is 0.327. The molecule has 0 amide bonds. The minimum Gasteiger partial charge on any atom is -0.237 e. The lowest BCUT2D eigenvalue weighted by Crippen LogP contribution is -2.20. The van der Waals surface area contributed by atoms with Crippen molar-refractivity contribution in [3.8, 4) is 0 Å². The third kappa shape index (κ3) is 1.50. The van der Waals surface area contributed by atoms with E-state index in [1.807, 2.05) is 6.92 Å². The predicted octanol–water partition coefficient (Wildman–Crippen LogP) is 3.13. The number of hydrogen-bond acceptors (Lipinski definition) is 2. The molecule has 2 nitrogen and oxygen atoms in total. The molecule has 1 aliphatic rings. The first-order chi connectivity index (χ1) is 7.74. The molecule has 0 bridgehead atoms. The number of aromatic nitrogens is 2. The highest BCUT2D eigenvalue weighted by atomic mass is 35.5. The van der Waals surface area contributed by atoms with E-state index in [1.54, 1.807) is 6.07 Å². The van der Waals surface area contributed by atoms with E-state index in [1.165, 1.54) is 11.1 Å². The van der Waals surface area contributed by atoms with Gasteiger partial charge in [0.05, 0.1) is 0 Å². The highest BCUT2D eigenvalue weighted by Gasteiger charge is 2.29. The van der Waals surface area contributed by atoms with Gasteiger partial charge in [0.25, 0.3) is 0 Å². The van der Waals surface area contributed by atoms with Gasteiger partial charge in [0.2, 0.25) is 0 Å². The summed E-state index contributed by atoms with van der Waals surface area (Å²) >= 11 is 5.95. The summed E-state index contributed by atoms with van der Waals surface area (Å²) in [6, 6.07) is 10.2. The second-order valence-corrected chi connectivity index (χ2v) is 4.53. The Labute approximate surface area is 99.3 Å². The van der Waals surface area contributed by atoms with Crippen LogP contribution >= 0.6 is 11.6 Å². The van der Waals surface area contributed by atoms with E-state index in [4.69, 9.17) is 11.6 Å². The number of hydrogen-bond donors (Lipinski definition) is 0. The molecule has 1 aromatic carbocycles. The number of aryl methyl sites for hydroxylation is 1. The van der Waals surface area contributed by atoms with Crippen LogP contribution in [0, 0.1) is 6.92 Å². The van der Waals surface area contributed by atoms with Crippen LogP contribution < -0.4 is 0 Å². The van der Waals surface area contributed by atoms with Gasteiger partial charge >= 0.3 is 0 Å². The summed E-state index contributed by atoms with van der Waals surface area (Å²) in [6.07, 6.45) is 1.02. The Morgan fingerprint density at radius 2 is 2.06 bits per heavy atom. The number of rotatable bonds is 1. The van der Waals surface area contributed by atoms with Gasteiger partial charge in [0.1, 0.15) is 11.0 Å². The van der Waals surface area contributed by atoms with Gasteiger partial charge in [0, 0.05) is 11.6 Å². The van der Waals surface area contributed by atoms with Crippen molar-refractivity contribution in [1.29, 1.82) is 0 Å². The van der Waals surface area contributed by atoms with Crippen molar-refractivity contribution in [2.24, 2.45) is 0 Å². The molecule has 0 spiro atoms. The van der Waals surface area contributed by atoms with Crippen molar-refractivity contribution in [3.05, 3.63) is 58.1 Å². The van der Waals surface area contributed by atoms with Crippen LogP contribution in [0.4, 0.5) is 0 Å². The van der Waals surface area contributed by atoms with Gasteiger partial charge < -0.3 is 0 Å². The molecular weight excluding hydrogens is 220 g/mol. The third-order valence-corrected chi connectivity index (χ3v) is 3.20. The standard InChI is InChI=1S/C13H11ClN2/c1-8-6-12(14)16-13(15-8)11-7-9-4-2-3-5-10(9)11/h2-6,11H,7H2,1H3. The van der Waals surface area contributed by atoms with Crippen LogP contribution in [0.5, 0.6) is 0 Å². The maximum atomic E-state index is 5.95. The third-order valence-electron chi connectivity index (χ3n) is 3.01. The SMILES string of the molecule is Cc1cc(Cl)nc(C2Cc3ccccc32)n1. The second kappa shape index (κ2) is 3.56. The summed E-state index contributed by atoms with van der Waals surface area (Å²) in [6.45, 7) is 1.95. The average Bonchev–Trinajstić information content (AvgIpc) is 2.18. The van der Waals surface area contributed by atoms with E-state index in [2.05, 4.69) is 34.2 Å². The van der Waals surface area contributed by atoms with Crippen LogP contribution in [0.25, 0.3) is 0 Å². The molecule has 2 aromatic rings. The Morgan fingerprint density at radius 1 is 1.25 bits per heavy atom. The first kappa shape index (κ1) is 9.79. The molecule has 80 valence electrons. The highest BCUT2D eigenvalue weighted by molar-refractivity contribution is 6.29. The fourth-order valence-electron chi connectivity index (χ4n) is 2.20. The lowest BCUT2D eigenvalue weighted by atomic mass is 9.77. The van der Waals surface area contributed by atoms with Crippen LogP contribution in [0.3, 0.4) is 0 Å². The molecule has 0 saturated heterocycles. The number of halogens is 1. The average molecular weight is 231 g/mol. The summed E-state index contributed by atoms with van der Waals surface area (Å²) in [5.41, 5.74) is 3.66. The zero-order valence-electron chi connectivity index (χ0n) is 8.94. The normalized spacial score (nSPS) is 17.8. The Bertz CT molecular complexity index is 531. The van der Waals surface area contributed by atoms with Crippen molar-refractivity contribution in [3.63, 3.8) is 0 Å². The molecule has 0 fully saturated rings. The van der Waals surface area contributed by atoms with Crippen LogP contribution in [0.1, 0.15) is 28.6 Å². The summed E-state index contributed by atoms with van der Waals surface area (Å²) in [7, 11) is 0. The maximum absolute atomic E-state index is 5.95. The van der Waals surface area contributed by atoms with Crippen molar-refractivity contribution < 1.29 is 0 Å². The van der Waals surface area contributed by atoms with Gasteiger partial charge in [-0.2, -0.15) is 0 Å². The lowest BCUT2D eigenvalue weighted by molar-refractivity contribution is 0.656. The Balaban J connectivity index is 2.02. The zero-order valence-corrected chi connectivity index (χ0v) is 9.70. The van der Waals surface area contributed by atoms with E-state index in [0.29, 0.717) is 11.1 Å². The van der Waals surface area contributed by atoms with E-state index < -0.39 is 0 Å². The highest BCUT2D eigenvalue weighted by Crippen LogP contribution is 2.38. The zero-order chi connectivity index (χ0) is 11.1. The summed E-state index contributed by atoms with van der Waals surface area (Å²) in [4.78, 5) is 8.77. The maximum Gasteiger partial charge on any atom is 0.138 e. The molecule has 16 heavy (non-hydrogen) atoms. The number of benzene rings is 1. The molecule has 0 radical (unpaired) electrons. The van der Waals surface area contributed by atoms with Gasteiger partial charge in [-0.05, 0) is 30.5 Å². The van der Waals surface area contributed by atoms with Gasteiger partial charge in [-0.3, -0.25) is 0 Å². The monoisotopic (exact) mass is 230 g/mol. The fraction of sp³-hybridized carbons (Fsp3) is 0.231. The van der Waals surface area contributed by atoms with Crippen molar-refractivity contribution in [2.75, 3.05) is 0 Å². The first-order valence-electron chi connectivity index (χ1n) is 5.33. The predicted molar refractivity (Wildman–Crippen MR) is 63.8 cm³/mol. The van der Waals surface area contributed by atoms with Crippen molar-refractivity contribution in [1.82, 2.24) is 9.97 Å².